The lowest BCUT2D eigenvalue weighted by atomic mass is 10.0. The van der Waals surface area contributed by atoms with Gasteiger partial charge in [0.15, 0.2) is 0 Å². The van der Waals surface area contributed by atoms with Crippen molar-refractivity contribution < 1.29 is 4.74 Å². The van der Waals surface area contributed by atoms with Gasteiger partial charge in [0, 0.05) is 37.3 Å². The molecule has 114 valence electrons. The number of aromatic nitrogens is 2. The standard InChI is InChI=1S/C17H25N3O/c1-4-21-12-17(14(2)3)19-11-15-5-7-16(8-6-15)20-10-9-18-13-20/h5-10,13-14,17,19H,4,11-12H2,1-3H3. The van der Waals surface area contributed by atoms with Crippen LogP contribution in [0.3, 0.4) is 0 Å². The van der Waals surface area contributed by atoms with Gasteiger partial charge < -0.3 is 14.6 Å². The van der Waals surface area contributed by atoms with Crippen LogP contribution in [0, 0.1) is 5.92 Å². The Balaban J connectivity index is 1.90. The van der Waals surface area contributed by atoms with Crippen molar-refractivity contribution in [3.05, 3.63) is 48.5 Å². The summed E-state index contributed by atoms with van der Waals surface area (Å²) in [4.78, 5) is 4.07. The van der Waals surface area contributed by atoms with Crippen molar-refractivity contribution in [2.75, 3.05) is 13.2 Å². The van der Waals surface area contributed by atoms with Crippen LogP contribution in [0.2, 0.25) is 0 Å². The fourth-order valence-corrected chi connectivity index (χ4v) is 2.18. The van der Waals surface area contributed by atoms with Crippen molar-refractivity contribution in [2.45, 2.75) is 33.4 Å². The summed E-state index contributed by atoms with van der Waals surface area (Å²) in [6.07, 6.45) is 5.55. The van der Waals surface area contributed by atoms with E-state index >= 15 is 0 Å². The second kappa shape index (κ2) is 7.96. The monoisotopic (exact) mass is 287 g/mol. The number of hydrogen-bond donors (Lipinski definition) is 1. The summed E-state index contributed by atoms with van der Waals surface area (Å²) >= 11 is 0. The molecule has 0 saturated heterocycles. The minimum absolute atomic E-state index is 0.387. The van der Waals surface area contributed by atoms with Crippen LogP contribution in [0.5, 0.6) is 0 Å². The Morgan fingerprint density at radius 1 is 1.24 bits per heavy atom. The molecule has 1 N–H and O–H groups in total. The second-order valence-corrected chi connectivity index (χ2v) is 5.53. The van der Waals surface area contributed by atoms with Crippen LogP contribution in [0.25, 0.3) is 5.69 Å². The Kier molecular flexibility index (Phi) is 5.96. The van der Waals surface area contributed by atoms with Gasteiger partial charge in [0.1, 0.15) is 0 Å². The molecule has 1 aromatic heterocycles. The number of benzene rings is 1. The molecule has 1 unspecified atom stereocenters. The minimum atomic E-state index is 0.387. The summed E-state index contributed by atoms with van der Waals surface area (Å²) in [5, 5.41) is 3.58. The van der Waals surface area contributed by atoms with Crippen LogP contribution in [-0.4, -0.2) is 28.8 Å². The molecule has 4 heteroatoms. The summed E-state index contributed by atoms with van der Waals surface area (Å²) in [6, 6.07) is 8.93. The van der Waals surface area contributed by atoms with Gasteiger partial charge in [0.2, 0.25) is 0 Å². The van der Waals surface area contributed by atoms with Crippen molar-refractivity contribution in [1.82, 2.24) is 14.9 Å². The molecule has 4 nitrogen and oxygen atoms in total. The van der Waals surface area contributed by atoms with Crippen LogP contribution in [0.4, 0.5) is 0 Å². The van der Waals surface area contributed by atoms with Crippen LogP contribution in [-0.2, 0) is 11.3 Å². The highest BCUT2D eigenvalue weighted by Gasteiger charge is 2.12. The van der Waals surface area contributed by atoms with E-state index in [2.05, 4.69) is 48.4 Å². The molecule has 0 aliphatic heterocycles. The summed E-state index contributed by atoms with van der Waals surface area (Å²) in [5.74, 6) is 0.557. The molecule has 0 spiro atoms. The molecule has 0 bridgehead atoms. The van der Waals surface area contributed by atoms with Crippen molar-refractivity contribution in [2.24, 2.45) is 5.92 Å². The number of hydrogen-bond acceptors (Lipinski definition) is 3. The lowest BCUT2D eigenvalue weighted by Gasteiger charge is -2.22. The lowest BCUT2D eigenvalue weighted by Crippen LogP contribution is -2.37. The molecule has 0 fully saturated rings. The number of nitrogens with zero attached hydrogens (tertiary/aromatic N) is 2. The van der Waals surface area contributed by atoms with Crippen LogP contribution in [0.15, 0.2) is 43.0 Å². The van der Waals surface area contributed by atoms with Gasteiger partial charge in [-0.15, -0.1) is 0 Å². The molecular formula is C17H25N3O. The average Bonchev–Trinajstić information content (AvgIpc) is 3.02. The van der Waals surface area contributed by atoms with Gasteiger partial charge in [-0.25, -0.2) is 4.98 Å². The van der Waals surface area contributed by atoms with E-state index in [-0.39, 0.29) is 0 Å². The minimum Gasteiger partial charge on any atom is -0.380 e. The molecule has 1 heterocycles. The van der Waals surface area contributed by atoms with E-state index in [1.807, 2.05) is 24.0 Å². The zero-order valence-electron chi connectivity index (χ0n) is 13.1. The van der Waals surface area contributed by atoms with E-state index in [1.165, 1.54) is 5.56 Å². The Hall–Kier alpha value is -1.65. The topological polar surface area (TPSA) is 39.1 Å². The molecule has 0 saturated carbocycles. The SMILES string of the molecule is CCOCC(NCc1ccc(-n2ccnc2)cc1)C(C)C. The van der Waals surface area contributed by atoms with Gasteiger partial charge in [-0.05, 0) is 30.5 Å². The quantitative estimate of drug-likeness (QED) is 0.811. The molecule has 0 radical (unpaired) electrons. The molecule has 2 rings (SSSR count). The second-order valence-electron chi connectivity index (χ2n) is 5.53. The number of rotatable bonds is 8. The van der Waals surface area contributed by atoms with Crippen molar-refractivity contribution in [3.63, 3.8) is 0 Å². The fourth-order valence-electron chi connectivity index (χ4n) is 2.18. The van der Waals surface area contributed by atoms with Crippen molar-refractivity contribution in [1.29, 1.82) is 0 Å². The Labute approximate surface area is 127 Å². The first-order valence-electron chi connectivity index (χ1n) is 7.59. The molecule has 21 heavy (non-hydrogen) atoms. The molecule has 0 amide bonds. The molecule has 1 aromatic carbocycles. The molecule has 1 atom stereocenters. The van der Waals surface area contributed by atoms with Gasteiger partial charge in [-0.1, -0.05) is 26.0 Å². The normalized spacial score (nSPS) is 12.8. The van der Waals surface area contributed by atoms with Gasteiger partial charge in [0.05, 0.1) is 12.9 Å². The highest BCUT2D eigenvalue weighted by molar-refractivity contribution is 5.34. The smallest absolute Gasteiger partial charge is 0.0991 e. The van der Waals surface area contributed by atoms with E-state index < -0.39 is 0 Å². The zero-order valence-corrected chi connectivity index (χ0v) is 13.1. The van der Waals surface area contributed by atoms with E-state index in [0.717, 1.165) is 25.4 Å². The van der Waals surface area contributed by atoms with Crippen LogP contribution in [0.1, 0.15) is 26.3 Å². The number of ether oxygens (including phenoxy) is 1. The number of imidazole rings is 1. The summed E-state index contributed by atoms with van der Waals surface area (Å²) in [5.41, 5.74) is 2.41. The Bertz CT molecular complexity index is 505. The molecule has 0 aliphatic carbocycles. The first-order chi connectivity index (χ1) is 10.2. The first kappa shape index (κ1) is 15.7. The average molecular weight is 287 g/mol. The summed E-state index contributed by atoms with van der Waals surface area (Å²) in [7, 11) is 0. The third kappa shape index (κ3) is 4.69. The van der Waals surface area contributed by atoms with Gasteiger partial charge in [-0.3, -0.25) is 0 Å². The number of nitrogens with one attached hydrogen (secondary N) is 1. The van der Waals surface area contributed by atoms with E-state index in [9.17, 15) is 0 Å². The van der Waals surface area contributed by atoms with Crippen LogP contribution >= 0.6 is 0 Å². The van der Waals surface area contributed by atoms with Gasteiger partial charge >= 0.3 is 0 Å². The van der Waals surface area contributed by atoms with Crippen LogP contribution < -0.4 is 5.32 Å². The van der Waals surface area contributed by atoms with E-state index in [1.54, 1.807) is 6.20 Å². The Morgan fingerprint density at radius 2 is 2.00 bits per heavy atom. The van der Waals surface area contributed by atoms with Crippen molar-refractivity contribution >= 4 is 0 Å². The molecule has 0 aliphatic rings. The fraction of sp³-hybridized carbons (Fsp3) is 0.471. The summed E-state index contributed by atoms with van der Waals surface area (Å²) < 4.78 is 7.54. The Morgan fingerprint density at radius 3 is 2.57 bits per heavy atom. The largest absolute Gasteiger partial charge is 0.380 e. The van der Waals surface area contributed by atoms with Gasteiger partial charge in [-0.2, -0.15) is 0 Å². The third-order valence-corrected chi connectivity index (χ3v) is 3.61. The maximum atomic E-state index is 5.54. The van der Waals surface area contributed by atoms with E-state index in [4.69, 9.17) is 4.74 Å². The van der Waals surface area contributed by atoms with Crippen molar-refractivity contribution in [3.8, 4) is 5.69 Å². The van der Waals surface area contributed by atoms with E-state index in [0.29, 0.717) is 12.0 Å². The lowest BCUT2D eigenvalue weighted by molar-refractivity contribution is 0.108. The zero-order chi connectivity index (χ0) is 15.1. The van der Waals surface area contributed by atoms with Gasteiger partial charge in [0.25, 0.3) is 0 Å². The maximum absolute atomic E-state index is 5.54. The maximum Gasteiger partial charge on any atom is 0.0991 e. The first-order valence-corrected chi connectivity index (χ1v) is 7.59. The highest BCUT2D eigenvalue weighted by Crippen LogP contribution is 2.10. The predicted molar refractivity (Wildman–Crippen MR) is 85.5 cm³/mol. The summed E-state index contributed by atoms with van der Waals surface area (Å²) in [6.45, 7) is 8.87. The molecule has 2 aromatic rings. The third-order valence-electron chi connectivity index (χ3n) is 3.61. The predicted octanol–water partition coefficient (Wildman–Crippen LogP) is 3.02. The molecular weight excluding hydrogens is 262 g/mol. The highest BCUT2D eigenvalue weighted by atomic mass is 16.5.